The van der Waals surface area contributed by atoms with Gasteiger partial charge < -0.3 is 10.1 Å². The second-order valence-corrected chi connectivity index (χ2v) is 14.1. The van der Waals surface area contributed by atoms with Gasteiger partial charge in [0, 0.05) is 0 Å². The van der Waals surface area contributed by atoms with Crippen LogP contribution in [0.2, 0.25) is 5.02 Å². The number of aliphatic carboxylic acids is 1. The highest BCUT2D eigenvalue weighted by Gasteiger charge is 2.38. The van der Waals surface area contributed by atoms with E-state index in [9.17, 15) is 61.1 Å². The quantitative estimate of drug-likeness (QED) is 0.181. The first-order valence-corrected chi connectivity index (χ1v) is 16.8. The lowest BCUT2D eigenvalue weighted by atomic mass is 10.1. The lowest BCUT2D eigenvalue weighted by Crippen LogP contribution is -2.31. The molecule has 1 amide bonds. The van der Waals surface area contributed by atoms with Crippen molar-refractivity contribution < 1.29 is 71.0 Å². The number of hydrogen-bond acceptors (Lipinski definition) is 7. The van der Waals surface area contributed by atoms with E-state index in [4.69, 9.17) is 21.5 Å². The SMILES string of the molecule is O=C(O)C(F)(F)F.O=C1CN(c2ccc(C[C@H](NS(=O)(=O)c3ccc(C(F)(F)F)cc3)c3nc4cc(C(F)(F)F)ccc4[nH]3)cc2Cl)S(=O)(=O)N1. The number of nitrogens with zero attached hydrogens (tertiary/aromatic N) is 2. The number of amides is 1. The summed E-state index contributed by atoms with van der Waals surface area (Å²) in [5.41, 5.74) is -1.85. The number of aromatic amines is 1. The molecule has 0 radical (unpaired) electrons. The largest absolute Gasteiger partial charge is 0.490 e. The zero-order chi connectivity index (χ0) is 38.3. The van der Waals surface area contributed by atoms with E-state index in [1.807, 2.05) is 0 Å². The molecule has 276 valence electrons. The van der Waals surface area contributed by atoms with E-state index in [0.29, 0.717) is 17.7 Å². The van der Waals surface area contributed by atoms with Crippen LogP contribution in [0.4, 0.5) is 45.2 Å². The molecule has 5 rings (SSSR count). The van der Waals surface area contributed by atoms with Crippen LogP contribution in [-0.4, -0.2) is 56.5 Å². The number of nitrogens with one attached hydrogen (secondary N) is 3. The van der Waals surface area contributed by atoms with Crippen LogP contribution < -0.4 is 13.7 Å². The van der Waals surface area contributed by atoms with Crippen molar-refractivity contribution in [2.75, 3.05) is 10.8 Å². The van der Waals surface area contributed by atoms with Crippen LogP contribution in [0.1, 0.15) is 28.6 Å². The Labute approximate surface area is 285 Å². The normalized spacial score (nSPS) is 15.6. The number of anilines is 1. The van der Waals surface area contributed by atoms with E-state index in [1.165, 1.54) is 18.2 Å². The topological polar surface area (TPSA) is 179 Å². The fraction of sp³-hybridized carbons (Fsp3) is 0.222. The molecule has 0 aliphatic carbocycles. The smallest absolute Gasteiger partial charge is 0.475 e. The van der Waals surface area contributed by atoms with E-state index in [0.717, 1.165) is 34.6 Å². The minimum atomic E-state index is -5.08. The first-order valence-electron chi connectivity index (χ1n) is 13.5. The number of H-pyrrole nitrogens is 1. The Bertz CT molecular complexity index is 2190. The van der Waals surface area contributed by atoms with E-state index >= 15 is 0 Å². The summed E-state index contributed by atoms with van der Waals surface area (Å²) in [4.78, 5) is 26.9. The molecule has 1 fully saturated rings. The van der Waals surface area contributed by atoms with Crippen molar-refractivity contribution in [1.29, 1.82) is 0 Å². The van der Waals surface area contributed by atoms with Crippen molar-refractivity contribution in [3.63, 3.8) is 0 Å². The molecule has 1 saturated heterocycles. The fourth-order valence-electron chi connectivity index (χ4n) is 4.42. The second kappa shape index (κ2) is 13.8. The number of alkyl halides is 9. The van der Waals surface area contributed by atoms with E-state index in [2.05, 4.69) is 14.7 Å². The van der Waals surface area contributed by atoms with Crippen LogP contribution >= 0.6 is 11.6 Å². The molecule has 3 aromatic carbocycles. The Morgan fingerprint density at radius 3 is 2.00 bits per heavy atom. The number of halogens is 10. The highest BCUT2D eigenvalue weighted by atomic mass is 35.5. The van der Waals surface area contributed by atoms with Gasteiger partial charge in [-0.05, 0) is 66.6 Å². The van der Waals surface area contributed by atoms with E-state index in [1.54, 1.807) is 4.72 Å². The minimum absolute atomic E-state index is 0.0564. The van der Waals surface area contributed by atoms with Gasteiger partial charge in [-0.25, -0.2) is 31.9 Å². The van der Waals surface area contributed by atoms with Crippen LogP contribution in [0.5, 0.6) is 0 Å². The summed E-state index contributed by atoms with van der Waals surface area (Å²) in [5.74, 6) is -3.68. The minimum Gasteiger partial charge on any atom is -0.475 e. The molecular weight excluding hydrogens is 777 g/mol. The predicted octanol–water partition coefficient (Wildman–Crippen LogP) is 5.33. The molecule has 51 heavy (non-hydrogen) atoms. The van der Waals surface area contributed by atoms with Crippen molar-refractivity contribution in [2.45, 2.75) is 35.9 Å². The van der Waals surface area contributed by atoms with Gasteiger partial charge in [0.15, 0.2) is 0 Å². The highest BCUT2D eigenvalue weighted by Crippen LogP contribution is 2.34. The van der Waals surface area contributed by atoms with Gasteiger partial charge in [-0.2, -0.15) is 47.9 Å². The molecule has 0 saturated carbocycles. The zero-order valence-electron chi connectivity index (χ0n) is 24.7. The molecule has 4 N–H and O–H groups in total. The van der Waals surface area contributed by atoms with Gasteiger partial charge in [0.1, 0.15) is 12.4 Å². The molecule has 12 nitrogen and oxygen atoms in total. The van der Waals surface area contributed by atoms with Crippen molar-refractivity contribution >= 4 is 60.4 Å². The van der Waals surface area contributed by atoms with E-state index < -0.39 is 79.2 Å². The number of carbonyl (C=O) groups is 2. The van der Waals surface area contributed by atoms with Crippen LogP contribution in [0.15, 0.2) is 65.6 Å². The fourth-order valence-corrected chi connectivity index (χ4v) is 7.14. The number of carboxylic acids is 1. The number of imidazole rings is 1. The maximum atomic E-state index is 13.3. The zero-order valence-corrected chi connectivity index (χ0v) is 27.0. The number of aromatic nitrogens is 2. The summed E-state index contributed by atoms with van der Waals surface area (Å²) >= 11 is 6.31. The molecule has 0 bridgehead atoms. The summed E-state index contributed by atoms with van der Waals surface area (Å²) in [7, 11) is -8.73. The molecule has 1 atom stereocenters. The summed E-state index contributed by atoms with van der Waals surface area (Å²) in [5, 5.41) is 6.99. The number of carbonyl (C=O) groups excluding carboxylic acids is 1. The lowest BCUT2D eigenvalue weighted by Gasteiger charge is -2.20. The number of carboxylic acid groups (broad SMARTS) is 1. The average Bonchev–Trinajstić information content (AvgIpc) is 3.54. The van der Waals surface area contributed by atoms with Gasteiger partial charge in [-0.1, -0.05) is 17.7 Å². The molecular formula is C27H19ClF9N5O7S2. The summed E-state index contributed by atoms with van der Waals surface area (Å²) in [6, 6.07) is 7.92. The Hall–Kier alpha value is -4.61. The average molecular weight is 796 g/mol. The van der Waals surface area contributed by atoms with Crippen LogP contribution in [0.25, 0.3) is 11.0 Å². The summed E-state index contributed by atoms with van der Waals surface area (Å²) in [6.07, 6.45) is -14.7. The monoisotopic (exact) mass is 795 g/mol. The van der Waals surface area contributed by atoms with Gasteiger partial charge in [-0.3, -0.25) is 4.79 Å². The van der Waals surface area contributed by atoms with Crippen LogP contribution in [0, 0.1) is 0 Å². The van der Waals surface area contributed by atoms with Crippen LogP contribution in [-0.2, 0) is 48.6 Å². The number of fused-ring (bicyclic) bond motifs is 1. The maximum Gasteiger partial charge on any atom is 0.490 e. The van der Waals surface area contributed by atoms with Gasteiger partial charge in [0.05, 0.1) is 43.8 Å². The first kappa shape index (κ1) is 39.2. The Morgan fingerprint density at radius 2 is 1.51 bits per heavy atom. The van der Waals surface area contributed by atoms with Crippen molar-refractivity contribution in [1.82, 2.24) is 19.4 Å². The Balaban J connectivity index is 0.000000755. The highest BCUT2D eigenvalue weighted by molar-refractivity contribution is 7.92. The third-order valence-corrected chi connectivity index (χ3v) is 9.91. The maximum absolute atomic E-state index is 13.3. The molecule has 0 unspecified atom stereocenters. The predicted molar refractivity (Wildman–Crippen MR) is 159 cm³/mol. The molecule has 2 heterocycles. The van der Waals surface area contributed by atoms with Gasteiger partial charge in [0.25, 0.3) is 5.91 Å². The van der Waals surface area contributed by atoms with Gasteiger partial charge in [-0.15, -0.1) is 0 Å². The third kappa shape index (κ3) is 9.39. The van der Waals surface area contributed by atoms with Crippen molar-refractivity contribution in [2.24, 2.45) is 0 Å². The molecule has 1 aliphatic rings. The molecule has 1 aromatic heterocycles. The number of hydrogen-bond donors (Lipinski definition) is 4. The third-order valence-electron chi connectivity index (χ3n) is 6.73. The molecule has 4 aromatic rings. The number of rotatable bonds is 7. The lowest BCUT2D eigenvalue weighted by molar-refractivity contribution is -0.192. The standard InChI is InChI=1S/C25H18ClF6N5O5S2.C2HF3O2/c26-17-9-13(1-8-21(17)37-12-22(38)36-44(37,41)42)10-20(23-33-18-7-4-15(25(30,31)32)11-19(18)34-23)35-43(39,40)16-5-2-14(3-6-16)24(27,28)29;3-2(4,5)1(6)7/h1-9,11,20,35H,10,12H2,(H,33,34)(H,36,38);(H,6,7)/t20-;/m0./s1. The van der Waals surface area contributed by atoms with Crippen LogP contribution in [0.3, 0.4) is 0 Å². The Morgan fingerprint density at radius 1 is 0.941 bits per heavy atom. The summed E-state index contributed by atoms with van der Waals surface area (Å²) in [6.45, 7) is -0.532. The van der Waals surface area contributed by atoms with Gasteiger partial charge >= 0.3 is 34.7 Å². The number of benzene rings is 3. The van der Waals surface area contributed by atoms with Gasteiger partial charge in [0.2, 0.25) is 10.0 Å². The first-order chi connectivity index (χ1) is 23.3. The van der Waals surface area contributed by atoms with Crippen molar-refractivity contribution in [3.8, 4) is 0 Å². The molecule has 1 aliphatic heterocycles. The number of sulfonamides is 1. The second-order valence-electron chi connectivity index (χ2n) is 10.4. The van der Waals surface area contributed by atoms with E-state index in [-0.39, 0.29) is 34.0 Å². The summed E-state index contributed by atoms with van der Waals surface area (Å²) < 4.78 is 166. The van der Waals surface area contributed by atoms with Crippen molar-refractivity contribution in [3.05, 3.63) is 88.2 Å². The molecule has 24 heteroatoms. The Kier molecular flexibility index (Phi) is 10.6. The molecule has 0 spiro atoms.